The summed E-state index contributed by atoms with van der Waals surface area (Å²) in [5, 5.41) is 12.1. The van der Waals surface area contributed by atoms with Crippen molar-refractivity contribution in [3.63, 3.8) is 0 Å². The third kappa shape index (κ3) is 2.09. The molecular formula is C11H13N3. The molecule has 2 rings (SSSR count). The fraction of sp³-hybridized carbons (Fsp3) is 0.455. The van der Waals surface area contributed by atoms with Gasteiger partial charge >= 0.3 is 0 Å². The Kier molecular flexibility index (Phi) is 2.47. The van der Waals surface area contributed by atoms with E-state index in [-0.39, 0.29) is 5.41 Å². The Hall–Kier alpha value is -1.40. The summed E-state index contributed by atoms with van der Waals surface area (Å²) < 4.78 is 0. The molecule has 0 spiro atoms. The molecule has 1 aliphatic carbocycles. The molecule has 1 heterocycles. The highest BCUT2D eigenvalue weighted by molar-refractivity contribution is 5.12. The van der Waals surface area contributed by atoms with E-state index in [1.54, 1.807) is 6.20 Å². The normalized spacial score (nSPS) is 17.4. The summed E-state index contributed by atoms with van der Waals surface area (Å²) >= 11 is 0. The van der Waals surface area contributed by atoms with Gasteiger partial charge in [0, 0.05) is 25.5 Å². The molecule has 0 amide bonds. The summed E-state index contributed by atoms with van der Waals surface area (Å²) in [4.78, 5) is 4.03. The van der Waals surface area contributed by atoms with Gasteiger partial charge in [0.05, 0.1) is 11.5 Å². The van der Waals surface area contributed by atoms with E-state index in [2.05, 4.69) is 16.4 Å². The van der Waals surface area contributed by atoms with E-state index in [9.17, 15) is 0 Å². The molecule has 1 N–H and O–H groups in total. The third-order valence-corrected chi connectivity index (χ3v) is 2.61. The second kappa shape index (κ2) is 3.77. The van der Waals surface area contributed by atoms with E-state index in [0.717, 1.165) is 25.9 Å². The predicted octanol–water partition coefficient (Wildman–Crippen LogP) is 1.47. The van der Waals surface area contributed by atoms with Crippen LogP contribution in [-0.2, 0) is 6.54 Å². The Morgan fingerprint density at radius 1 is 1.57 bits per heavy atom. The van der Waals surface area contributed by atoms with Crippen LogP contribution in [0.2, 0.25) is 0 Å². The van der Waals surface area contributed by atoms with Crippen LogP contribution in [0.3, 0.4) is 0 Å². The van der Waals surface area contributed by atoms with Crippen molar-refractivity contribution < 1.29 is 0 Å². The zero-order valence-electron chi connectivity index (χ0n) is 8.03. The lowest BCUT2D eigenvalue weighted by Gasteiger charge is -2.07. The zero-order chi connectivity index (χ0) is 9.86. The summed E-state index contributed by atoms with van der Waals surface area (Å²) in [6, 6.07) is 6.32. The molecule has 1 saturated carbocycles. The first-order valence-corrected chi connectivity index (χ1v) is 4.86. The first kappa shape index (κ1) is 9.17. The van der Waals surface area contributed by atoms with Crippen molar-refractivity contribution in [3.8, 4) is 6.07 Å². The van der Waals surface area contributed by atoms with Crippen molar-refractivity contribution in [1.82, 2.24) is 10.3 Å². The van der Waals surface area contributed by atoms with E-state index >= 15 is 0 Å². The molecule has 1 fully saturated rings. The molecule has 1 aromatic heterocycles. The maximum atomic E-state index is 8.85. The van der Waals surface area contributed by atoms with Gasteiger partial charge in [0.15, 0.2) is 0 Å². The van der Waals surface area contributed by atoms with E-state index in [1.807, 2.05) is 18.3 Å². The first-order chi connectivity index (χ1) is 6.85. The molecule has 3 nitrogen and oxygen atoms in total. The van der Waals surface area contributed by atoms with Crippen LogP contribution in [0.4, 0.5) is 0 Å². The summed E-state index contributed by atoms with van der Waals surface area (Å²) in [5.41, 5.74) is 1.11. The lowest BCUT2D eigenvalue weighted by atomic mass is 10.1. The smallest absolute Gasteiger partial charge is 0.0703 e. The van der Waals surface area contributed by atoms with Gasteiger partial charge in [0.2, 0.25) is 0 Å². The lowest BCUT2D eigenvalue weighted by molar-refractivity contribution is 0.557. The van der Waals surface area contributed by atoms with Crippen molar-refractivity contribution in [1.29, 1.82) is 5.26 Å². The lowest BCUT2D eigenvalue weighted by Crippen LogP contribution is -2.22. The van der Waals surface area contributed by atoms with Crippen molar-refractivity contribution >= 4 is 0 Å². The number of nitriles is 1. The second-order valence-corrected chi connectivity index (χ2v) is 3.86. The monoisotopic (exact) mass is 187 g/mol. The second-order valence-electron chi connectivity index (χ2n) is 3.86. The summed E-state index contributed by atoms with van der Waals surface area (Å²) in [6.45, 7) is 1.61. The summed E-state index contributed by atoms with van der Waals surface area (Å²) in [7, 11) is 0. The van der Waals surface area contributed by atoms with E-state index in [0.29, 0.717) is 0 Å². The molecule has 0 aromatic carbocycles. The van der Waals surface area contributed by atoms with Gasteiger partial charge in [0.25, 0.3) is 0 Å². The van der Waals surface area contributed by atoms with E-state index in [4.69, 9.17) is 5.26 Å². The van der Waals surface area contributed by atoms with Crippen LogP contribution >= 0.6 is 0 Å². The number of nitrogens with zero attached hydrogens (tertiary/aromatic N) is 2. The van der Waals surface area contributed by atoms with Gasteiger partial charge in [-0.15, -0.1) is 0 Å². The molecule has 1 aromatic rings. The average Bonchev–Trinajstić information content (AvgIpc) is 3.00. The number of nitrogens with one attached hydrogen (secondary N) is 1. The number of rotatable bonds is 4. The molecule has 14 heavy (non-hydrogen) atoms. The maximum Gasteiger partial charge on any atom is 0.0703 e. The SMILES string of the molecule is N#CC1(CNCc2cccnc2)CC1. The minimum Gasteiger partial charge on any atom is -0.311 e. The van der Waals surface area contributed by atoms with Gasteiger partial charge in [-0.25, -0.2) is 0 Å². The van der Waals surface area contributed by atoms with Crippen molar-refractivity contribution in [2.45, 2.75) is 19.4 Å². The molecular weight excluding hydrogens is 174 g/mol. The highest BCUT2D eigenvalue weighted by atomic mass is 14.9. The van der Waals surface area contributed by atoms with Gasteiger partial charge in [-0.3, -0.25) is 4.98 Å². The Morgan fingerprint density at radius 3 is 3.00 bits per heavy atom. The van der Waals surface area contributed by atoms with Gasteiger partial charge in [-0.1, -0.05) is 6.07 Å². The van der Waals surface area contributed by atoms with Gasteiger partial charge in [-0.2, -0.15) is 5.26 Å². The molecule has 3 heteroatoms. The quantitative estimate of drug-likeness (QED) is 0.776. The van der Waals surface area contributed by atoms with E-state index in [1.165, 1.54) is 5.56 Å². The minimum absolute atomic E-state index is 0.0534. The van der Waals surface area contributed by atoms with Crippen LogP contribution in [0, 0.1) is 16.7 Å². The molecule has 0 bridgehead atoms. The highest BCUT2D eigenvalue weighted by Crippen LogP contribution is 2.44. The summed E-state index contributed by atoms with van der Waals surface area (Å²) in [5.74, 6) is 0. The van der Waals surface area contributed by atoms with Gasteiger partial charge in [-0.05, 0) is 24.5 Å². The fourth-order valence-electron chi connectivity index (χ4n) is 1.43. The third-order valence-electron chi connectivity index (χ3n) is 2.61. The number of aromatic nitrogens is 1. The first-order valence-electron chi connectivity index (χ1n) is 4.86. The number of pyridine rings is 1. The maximum absolute atomic E-state index is 8.85. The van der Waals surface area contributed by atoms with Gasteiger partial charge in [0.1, 0.15) is 0 Å². The van der Waals surface area contributed by atoms with Crippen molar-refractivity contribution in [2.75, 3.05) is 6.54 Å². The molecule has 0 radical (unpaired) electrons. The average molecular weight is 187 g/mol. The van der Waals surface area contributed by atoms with Crippen LogP contribution in [0.25, 0.3) is 0 Å². The molecule has 72 valence electrons. The highest BCUT2D eigenvalue weighted by Gasteiger charge is 2.42. The Morgan fingerprint density at radius 2 is 2.43 bits per heavy atom. The molecule has 0 aliphatic heterocycles. The van der Waals surface area contributed by atoms with Crippen LogP contribution in [0.15, 0.2) is 24.5 Å². The minimum atomic E-state index is -0.0534. The Labute approximate surface area is 83.8 Å². The molecule has 1 aliphatic rings. The standard InChI is InChI=1S/C11H13N3/c12-8-11(3-4-11)9-14-7-10-2-1-5-13-6-10/h1-2,5-6,14H,3-4,7,9H2. The zero-order valence-corrected chi connectivity index (χ0v) is 8.03. The van der Waals surface area contributed by atoms with Crippen molar-refractivity contribution in [2.24, 2.45) is 5.41 Å². The summed E-state index contributed by atoms with van der Waals surface area (Å²) in [6.07, 6.45) is 5.70. The molecule has 0 saturated heterocycles. The number of hydrogen-bond acceptors (Lipinski definition) is 3. The van der Waals surface area contributed by atoms with Gasteiger partial charge < -0.3 is 5.32 Å². The van der Waals surface area contributed by atoms with Crippen LogP contribution < -0.4 is 5.32 Å². The predicted molar refractivity (Wildman–Crippen MR) is 53.2 cm³/mol. The van der Waals surface area contributed by atoms with Crippen molar-refractivity contribution in [3.05, 3.63) is 30.1 Å². The molecule has 0 unspecified atom stereocenters. The fourth-order valence-corrected chi connectivity index (χ4v) is 1.43. The van der Waals surface area contributed by atoms with Crippen LogP contribution in [0.5, 0.6) is 0 Å². The Balaban J connectivity index is 1.77. The largest absolute Gasteiger partial charge is 0.311 e. The Bertz CT molecular complexity index is 335. The molecule has 0 atom stereocenters. The topological polar surface area (TPSA) is 48.7 Å². The van der Waals surface area contributed by atoms with Crippen LogP contribution in [-0.4, -0.2) is 11.5 Å². The van der Waals surface area contributed by atoms with Crippen LogP contribution in [0.1, 0.15) is 18.4 Å². The van der Waals surface area contributed by atoms with E-state index < -0.39 is 0 Å². The number of hydrogen-bond donors (Lipinski definition) is 1.